The largest absolute Gasteiger partial charge is 0.311 e. The van der Waals surface area contributed by atoms with E-state index in [2.05, 4.69) is 28.6 Å². The monoisotopic (exact) mass is 128 g/mol. The first kappa shape index (κ1) is 5.61. The Labute approximate surface area is 54.3 Å². The lowest BCUT2D eigenvalue weighted by Crippen LogP contribution is -2.41. The quantitative estimate of drug-likeness (QED) is 0.315. The lowest BCUT2D eigenvalue weighted by molar-refractivity contribution is 0.471. The molecule has 0 radical (unpaired) electrons. The summed E-state index contributed by atoms with van der Waals surface area (Å²) < 4.78 is 0. The average molecular weight is 128 g/mol. The Morgan fingerprint density at radius 3 is 3.00 bits per heavy atom. The number of fused-ring (bicyclic) bond motifs is 1. The molecule has 0 aromatic heterocycles. The third-order valence-corrected chi connectivity index (χ3v) is 2.13. The molecule has 0 spiro atoms. The van der Waals surface area contributed by atoms with E-state index in [1.807, 2.05) is 0 Å². The van der Waals surface area contributed by atoms with Crippen LogP contribution >= 0.6 is 0 Å². The van der Waals surface area contributed by atoms with Crippen molar-refractivity contribution in [2.45, 2.75) is 25.0 Å². The van der Waals surface area contributed by atoms with Gasteiger partial charge in [0, 0.05) is 12.6 Å². The Morgan fingerprint density at radius 1 is 1.33 bits per heavy atom. The summed E-state index contributed by atoms with van der Waals surface area (Å²) in [6, 6.07) is 1.71. The van der Waals surface area contributed by atoms with Crippen LogP contribution < -0.4 is 21.7 Å². The van der Waals surface area contributed by atoms with Crippen molar-refractivity contribution >= 4 is 0 Å². The van der Waals surface area contributed by atoms with Gasteiger partial charge in [-0.25, -0.2) is 10.9 Å². The Kier molecular flexibility index (Phi) is 1.19. The first-order valence-electron chi connectivity index (χ1n) is 3.37. The van der Waals surface area contributed by atoms with Gasteiger partial charge >= 0.3 is 0 Å². The van der Waals surface area contributed by atoms with E-state index >= 15 is 0 Å². The van der Waals surface area contributed by atoms with Crippen LogP contribution in [0.4, 0.5) is 0 Å². The van der Waals surface area contributed by atoms with E-state index in [-0.39, 0.29) is 0 Å². The van der Waals surface area contributed by atoms with Crippen molar-refractivity contribution in [2.24, 2.45) is 0 Å². The Hall–Kier alpha value is -0.160. The van der Waals surface area contributed by atoms with Crippen LogP contribution in [0, 0.1) is 0 Å². The smallest absolute Gasteiger partial charge is 0.0556 e. The van der Waals surface area contributed by atoms with Crippen molar-refractivity contribution in [1.29, 1.82) is 0 Å². The minimum absolute atomic E-state index is 0.560. The second kappa shape index (κ2) is 1.91. The second-order valence-electron chi connectivity index (χ2n) is 2.74. The predicted molar refractivity (Wildman–Crippen MR) is 34.4 cm³/mol. The maximum atomic E-state index is 3.36. The minimum atomic E-state index is 0.560. The number of hydrogen-bond donors (Lipinski definition) is 4. The molecule has 2 aliphatic rings. The number of rotatable bonds is 0. The summed E-state index contributed by atoms with van der Waals surface area (Å²) >= 11 is 0. The van der Waals surface area contributed by atoms with Crippen molar-refractivity contribution in [1.82, 2.24) is 21.7 Å². The molecule has 2 fully saturated rings. The van der Waals surface area contributed by atoms with Gasteiger partial charge in [-0.2, -0.15) is 5.53 Å². The highest BCUT2D eigenvalue weighted by molar-refractivity contribution is 4.98. The van der Waals surface area contributed by atoms with Crippen molar-refractivity contribution in [2.75, 3.05) is 6.54 Å². The molecule has 0 saturated carbocycles. The van der Waals surface area contributed by atoms with Crippen molar-refractivity contribution in [3.63, 3.8) is 0 Å². The first-order chi connectivity index (χ1) is 4.38. The first-order valence-corrected chi connectivity index (χ1v) is 3.37. The van der Waals surface area contributed by atoms with Crippen LogP contribution in [0.1, 0.15) is 6.92 Å². The predicted octanol–water partition coefficient (Wildman–Crippen LogP) is -1.67. The zero-order valence-electron chi connectivity index (χ0n) is 5.44. The molecule has 0 aliphatic carbocycles. The number of nitrogens with one attached hydrogen (secondary N) is 4. The van der Waals surface area contributed by atoms with Crippen LogP contribution in [0.15, 0.2) is 0 Å². The molecule has 0 aromatic rings. The van der Waals surface area contributed by atoms with Gasteiger partial charge in [-0.15, -0.1) is 0 Å². The third kappa shape index (κ3) is 0.753. The fraction of sp³-hybridized carbons (Fsp3) is 1.00. The zero-order chi connectivity index (χ0) is 6.27. The van der Waals surface area contributed by atoms with Crippen LogP contribution in [0.3, 0.4) is 0 Å². The van der Waals surface area contributed by atoms with Crippen LogP contribution in [-0.4, -0.2) is 24.7 Å². The van der Waals surface area contributed by atoms with Crippen LogP contribution in [-0.2, 0) is 0 Å². The van der Waals surface area contributed by atoms with Gasteiger partial charge < -0.3 is 5.32 Å². The highest BCUT2D eigenvalue weighted by atomic mass is 15.7. The molecular weight excluding hydrogens is 116 g/mol. The maximum Gasteiger partial charge on any atom is 0.0556 e. The normalized spacial score (nSPS) is 49.7. The SMILES string of the molecule is CC1NCC2NNNC12. The van der Waals surface area contributed by atoms with Gasteiger partial charge in [-0.3, -0.25) is 0 Å². The standard InChI is InChI=1S/C5H12N4/c1-3-5-4(2-6-3)7-9-8-5/h3-9H,2H2,1H3. The van der Waals surface area contributed by atoms with Gasteiger partial charge in [-0.1, -0.05) is 0 Å². The molecule has 0 aromatic carbocycles. The van der Waals surface area contributed by atoms with Gasteiger partial charge in [0.1, 0.15) is 0 Å². The van der Waals surface area contributed by atoms with E-state index in [4.69, 9.17) is 0 Å². The summed E-state index contributed by atoms with van der Waals surface area (Å²) in [5, 5.41) is 3.36. The molecule has 0 bridgehead atoms. The summed E-state index contributed by atoms with van der Waals surface area (Å²) in [7, 11) is 0. The maximum absolute atomic E-state index is 3.36. The van der Waals surface area contributed by atoms with Crippen LogP contribution in [0.2, 0.25) is 0 Å². The van der Waals surface area contributed by atoms with Crippen molar-refractivity contribution < 1.29 is 0 Å². The van der Waals surface area contributed by atoms with Gasteiger partial charge in [0.05, 0.1) is 12.1 Å². The molecule has 0 amide bonds. The van der Waals surface area contributed by atoms with E-state index in [1.54, 1.807) is 0 Å². The molecule has 4 heteroatoms. The number of hydrogen-bond acceptors (Lipinski definition) is 4. The van der Waals surface area contributed by atoms with Gasteiger partial charge in [-0.05, 0) is 6.92 Å². The minimum Gasteiger partial charge on any atom is -0.311 e. The molecule has 2 aliphatic heterocycles. The molecule has 3 atom stereocenters. The Morgan fingerprint density at radius 2 is 2.22 bits per heavy atom. The summed E-state index contributed by atoms with van der Waals surface area (Å²) in [5.41, 5.74) is 9.18. The number of hydrazine groups is 2. The highest BCUT2D eigenvalue weighted by Crippen LogP contribution is 2.08. The van der Waals surface area contributed by atoms with E-state index in [0.29, 0.717) is 18.1 Å². The molecule has 9 heavy (non-hydrogen) atoms. The summed E-state index contributed by atoms with van der Waals surface area (Å²) in [6.07, 6.45) is 0. The van der Waals surface area contributed by atoms with Crippen LogP contribution in [0.5, 0.6) is 0 Å². The molecule has 2 rings (SSSR count). The van der Waals surface area contributed by atoms with E-state index < -0.39 is 0 Å². The zero-order valence-corrected chi connectivity index (χ0v) is 5.44. The Bertz CT molecular complexity index is 116. The van der Waals surface area contributed by atoms with E-state index in [9.17, 15) is 0 Å². The van der Waals surface area contributed by atoms with Crippen LogP contribution in [0.25, 0.3) is 0 Å². The second-order valence-corrected chi connectivity index (χ2v) is 2.74. The molecule has 2 heterocycles. The molecule has 4 N–H and O–H groups in total. The molecule has 4 nitrogen and oxygen atoms in total. The average Bonchev–Trinajstić information content (AvgIpc) is 2.35. The van der Waals surface area contributed by atoms with Crippen molar-refractivity contribution in [3.05, 3.63) is 0 Å². The van der Waals surface area contributed by atoms with Crippen molar-refractivity contribution in [3.8, 4) is 0 Å². The lowest BCUT2D eigenvalue weighted by atomic mass is 10.1. The summed E-state index contributed by atoms with van der Waals surface area (Å²) in [6.45, 7) is 3.25. The fourth-order valence-electron chi connectivity index (χ4n) is 1.50. The van der Waals surface area contributed by atoms with Gasteiger partial charge in [0.2, 0.25) is 0 Å². The summed E-state index contributed by atoms with van der Waals surface area (Å²) in [4.78, 5) is 0. The summed E-state index contributed by atoms with van der Waals surface area (Å²) in [5.74, 6) is 0. The molecule has 3 unspecified atom stereocenters. The lowest BCUT2D eigenvalue weighted by Gasteiger charge is -2.10. The topological polar surface area (TPSA) is 48.1 Å². The van der Waals surface area contributed by atoms with E-state index in [1.165, 1.54) is 0 Å². The third-order valence-electron chi connectivity index (χ3n) is 2.13. The van der Waals surface area contributed by atoms with E-state index in [0.717, 1.165) is 6.54 Å². The highest BCUT2D eigenvalue weighted by Gasteiger charge is 2.36. The molecule has 2 saturated heterocycles. The molecular formula is C5H12N4. The van der Waals surface area contributed by atoms with Gasteiger partial charge in [0.25, 0.3) is 0 Å². The van der Waals surface area contributed by atoms with Gasteiger partial charge in [0.15, 0.2) is 0 Å². The molecule has 52 valence electrons. The Balaban J connectivity index is 2.07. The fourth-order valence-corrected chi connectivity index (χ4v) is 1.50.